The lowest BCUT2D eigenvalue weighted by atomic mass is 10.2. The lowest BCUT2D eigenvalue weighted by Gasteiger charge is -2.13. The minimum atomic E-state index is -0.563. The van der Waals surface area contributed by atoms with Crippen molar-refractivity contribution in [3.8, 4) is 5.75 Å². The van der Waals surface area contributed by atoms with E-state index in [9.17, 15) is 4.79 Å². The van der Waals surface area contributed by atoms with Gasteiger partial charge in [0.05, 0.1) is 0 Å². The van der Waals surface area contributed by atoms with Crippen molar-refractivity contribution in [1.29, 1.82) is 0 Å². The first-order valence-electron chi connectivity index (χ1n) is 6.57. The molecule has 4 nitrogen and oxygen atoms in total. The monoisotopic (exact) mass is 290 g/mol. The molecule has 0 aliphatic rings. The number of carbonyl (C=O) groups is 1. The highest BCUT2D eigenvalue weighted by Crippen LogP contribution is 2.18. The molecule has 1 aromatic heterocycles. The highest BCUT2D eigenvalue weighted by Gasteiger charge is 2.16. The number of aryl methyl sites for hydroxylation is 2. The van der Waals surface area contributed by atoms with Gasteiger partial charge in [0.25, 0.3) is 5.91 Å². The van der Waals surface area contributed by atoms with Gasteiger partial charge in [-0.25, -0.2) is 4.98 Å². The Morgan fingerprint density at radius 2 is 2.10 bits per heavy atom. The van der Waals surface area contributed by atoms with Crippen molar-refractivity contribution < 1.29 is 9.53 Å². The summed E-state index contributed by atoms with van der Waals surface area (Å²) >= 11 is 1.45. The molecule has 1 atom stereocenters. The third-order valence-corrected chi connectivity index (χ3v) is 3.69. The molecule has 0 aliphatic carbocycles. The van der Waals surface area contributed by atoms with Crippen LogP contribution in [0, 0.1) is 6.92 Å². The molecule has 20 heavy (non-hydrogen) atoms. The zero-order valence-electron chi connectivity index (χ0n) is 11.8. The Hall–Kier alpha value is -1.88. The van der Waals surface area contributed by atoms with Crippen molar-refractivity contribution in [2.24, 2.45) is 0 Å². The quantitative estimate of drug-likeness (QED) is 0.918. The minimum absolute atomic E-state index is 0.195. The molecule has 1 N–H and O–H groups in total. The zero-order chi connectivity index (χ0) is 14.5. The maximum atomic E-state index is 12.0. The van der Waals surface area contributed by atoms with Crippen LogP contribution in [0.25, 0.3) is 0 Å². The lowest BCUT2D eigenvalue weighted by Crippen LogP contribution is -2.30. The van der Waals surface area contributed by atoms with Crippen LogP contribution in [0.4, 0.5) is 5.13 Å². The van der Waals surface area contributed by atoms with E-state index < -0.39 is 6.10 Å². The van der Waals surface area contributed by atoms with Crippen LogP contribution in [-0.4, -0.2) is 17.0 Å². The SMILES string of the molecule is CCc1ccc(OC(C)C(=O)Nc2ncc(C)s2)cc1. The molecule has 0 fully saturated rings. The fourth-order valence-electron chi connectivity index (χ4n) is 1.68. The van der Waals surface area contributed by atoms with E-state index >= 15 is 0 Å². The van der Waals surface area contributed by atoms with Gasteiger partial charge in [0.15, 0.2) is 11.2 Å². The van der Waals surface area contributed by atoms with Crippen LogP contribution in [0.15, 0.2) is 30.5 Å². The number of nitrogens with one attached hydrogen (secondary N) is 1. The Labute approximate surface area is 122 Å². The van der Waals surface area contributed by atoms with Gasteiger partial charge in [0.1, 0.15) is 5.75 Å². The predicted molar refractivity (Wildman–Crippen MR) is 81.4 cm³/mol. The average molecular weight is 290 g/mol. The van der Waals surface area contributed by atoms with Gasteiger partial charge in [-0.3, -0.25) is 10.1 Å². The number of aromatic nitrogens is 1. The Morgan fingerprint density at radius 1 is 1.40 bits per heavy atom. The normalized spacial score (nSPS) is 11.9. The zero-order valence-corrected chi connectivity index (χ0v) is 12.7. The van der Waals surface area contributed by atoms with E-state index in [4.69, 9.17) is 4.74 Å². The van der Waals surface area contributed by atoms with Gasteiger partial charge in [-0.2, -0.15) is 0 Å². The molecule has 0 spiro atoms. The topological polar surface area (TPSA) is 51.2 Å². The molecule has 1 aromatic carbocycles. The number of anilines is 1. The van der Waals surface area contributed by atoms with Gasteiger partial charge in [-0.05, 0) is 38.0 Å². The lowest BCUT2D eigenvalue weighted by molar-refractivity contribution is -0.122. The minimum Gasteiger partial charge on any atom is -0.481 e. The Morgan fingerprint density at radius 3 is 2.65 bits per heavy atom. The molecular formula is C15H18N2O2S. The predicted octanol–water partition coefficient (Wildman–Crippen LogP) is 3.42. The summed E-state index contributed by atoms with van der Waals surface area (Å²) in [7, 11) is 0. The number of hydrogen-bond donors (Lipinski definition) is 1. The number of hydrogen-bond acceptors (Lipinski definition) is 4. The summed E-state index contributed by atoms with van der Waals surface area (Å²) in [6.07, 6.45) is 2.15. The summed E-state index contributed by atoms with van der Waals surface area (Å²) in [5.74, 6) is 0.499. The standard InChI is InChI=1S/C15H18N2O2S/c1-4-12-5-7-13(8-6-12)19-11(3)14(18)17-15-16-9-10(2)20-15/h5-9,11H,4H2,1-3H3,(H,16,17,18). The molecule has 0 saturated carbocycles. The molecule has 2 rings (SSSR count). The summed E-state index contributed by atoms with van der Waals surface area (Å²) in [6, 6.07) is 7.78. The van der Waals surface area contributed by atoms with Crippen LogP contribution in [0.2, 0.25) is 0 Å². The molecule has 2 aromatic rings. The molecule has 106 valence electrons. The maximum absolute atomic E-state index is 12.0. The number of carbonyl (C=O) groups excluding carboxylic acids is 1. The van der Waals surface area contributed by atoms with Gasteiger partial charge >= 0.3 is 0 Å². The van der Waals surface area contributed by atoms with Crippen molar-refractivity contribution in [3.05, 3.63) is 40.9 Å². The second kappa shape index (κ2) is 6.52. The summed E-state index contributed by atoms with van der Waals surface area (Å²) in [5.41, 5.74) is 1.24. The van der Waals surface area contributed by atoms with Crippen LogP contribution in [0.3, 0.4) is 0 Å². The van der Waals surface area contributed by atoms with Crippen molar-refractivity contribution in [2.75, 3.05) is 5.32 Å². The first-order valence-corrected chi connectivity index (χ1v) is 7.39. The van der Waals surface area contributed by atoms with Gasteiger partial charge in [0.2, 0.25) is 0 Å². The largest absolute Gasteiger partial charge is 0.481 e. The number of amides is 1. The third-order valence-electron chi connectivity index (χ3n) is 2.87. The molecular weight excluding hydrogens is 272 g/mol. The first kappa shape index (κ1) is 14.5. The van der Waals surface area contributed by atoms with E-state index in [1.54, 1.807) is 13.1 Å². The molecule has 0 saturated heterocycles. The molecule has 1 heterocycles. The number of benzene rings is 1. The second-order valence-electron chi connectivity index (χ2n) is 4.52. The summed E-state index contributed by atoms with van der Waals surface area (Å²) in [6.45, 7) is 5.77. The second-order valence-corrected chi connectivity index (χ2v) is 5.76. The number of ether oxygens (including phenoxy) is 1. The molecule has 0 bridgehead atoms. The summed E-state index contributed by atoms with van der Waals surface area (Å²) < 4.78 is 5.62. The molecule has 1 amide bonds. The van der Waals surface area contributed by atoms with Crippen LogP contribution in [0.5, 0.6) is 5.75 Å². The van der Waals surface area contributed by atoms with E-state index in [-0.39, 0.29) is 5.91 Å². The number of nitrogens with zero attached hydrogens (tertiary/aromatic N) is 1. The highest BCUT2D eigenvalue weighted by atomic mass is 32.1. The molecule has 5 heteroatoms. The van der Waals surface area contributed by atoms with Crippen LogP contribution >= 0.6 is 11.3 Å². The smallest absolute Gasteiger partial charge is 0.266 e. The fourth-order valence-corrected chi connectivity index (χ4v) is 2.35. The van der Waals surface area contributed by atoms with Gasteiger partial charge in [0, 0.05) is 11.1 Å². The van der Waals surface area contributed by atoms with E-state index in [0.717, 1.165) is 11.3 Å². The van der Waals surface area contributed by atoms with Crippen LogP contribution in [0.1, 0.15) is 24.3 Å². The van der Waals surface area contributed by atoms with E-state index in [1.165, 1.54) is 16.9 Å². The fraction of sp³-hybridized carbons (Fsp3) is 0.333. The van der Waals surface area contributed by atoms with Gasteiger partial charge in [-0.1, -0.05) is 19.1 Å². The van der Waals surface area contributed by atoms with Crippen LogP contribution < -0.4 is 10.1 Å². The summed E-state index contributed by atoms with van der Waals surface area (Å²) in [4.78, 5) is 17.1. The van der Waals surface area contributed by atoms with Gasteiger partial charge < -0.3 is 4.74 Å². The van der Waals surface area contributed by atoms with Crippen molar-refractivity contribution in [1.82, 2.24) is 4.98 Å². The number of thiazole rings is 1. The van der Waals surface area contributed by atoms with E-state index in [1.807, 2.05) is 31.2 Å². The maximum Gasteiger partial charge on any atom is 0.266 e. The third kappa shape index (κ3) is 3.81. The highest BCUT2D eigenvalue weighted by molar-refractivity contribution is 7.15. The Bertz CT molecular complexity index is 578. The van der Waals surface area contributed by atoms with Crippen LogP contribution in [-0.2, 0) is 11.2 Å². The average Bonchev–Trinajstić information content (AvgIpc) is 2.85. The van der Waals surface area contributed by atoms with Crippen molar-refractivity contribution in [3.63, 3.8) is 0 Å². The summed E-state index contributed by atoms with van der Waals surface area (Å²) in [5, 5.41) is 3.35. The van der Waals surface area contributed by atoms with E-state index in [2.05, 4.69) is 17.2 Å². The first-order chi connectivity index (χ1) is 9.58. The Kier molecular flexibility index (Phi) is 4.74. The van der Waals surface area contributed by atoms with Gasteiger partial charge in [-0.15, -0.1) is 11.3 Å². The Balaban J connectivity index is 1.92. The molecule has 0 radical (unpaired) electrons. The number of rotatable bonds is 5. The van der Waals surface area contributed by atoms with Crippen molar-refractivity contribution in [2.45, 2.75) is 33.3 Å². The van der Waals surface area contributed by atoms with E-state index in [0.29, 0.717) is 10.9 Å². The van der Waals surface area contributed by atoms with Crippen molar-refractivity contribution >= 4 is 22.4 Å². The molecule has 0 aliphatic heterocycles. The molecule has 1 unspecified atom stereocenters.